The van der Waals surface area contributed by atoms with Gasteiger partial charge in [-0.15, -0.1) is 0 Å². The molecule has 0 amide bonds. The number of aryl methyl sites for hydroxylation is 6. The molecule has 0 radical (unpaired) electrons. The first-order valence-electron chi connectivity index (χ1n) is 8.26. The number of hydrogen-bond acceptors (Lipinski definition) is 5. The monoisotopic (exact) mass is 376 g/mol. The van der Waals surface area contributed by atoms with E-state index >= 15 is 0 Å². The van der Waals surface area contributed by atoms with E-state index in [-0.39, 0.29) is 11.1 Å². The molecule has 2 aromatic carbocycles. The summed E-state index contributed by atoms with van der Waals surface area (Å²) in [6.07, 6.45) is 0. The maximum absolute atomic E-state index is 12.9. The zero-order valence-electron chi connectivity index (χ0n) is 15.9. The van der Waals surface area contributed by atoms with Gasteiger partial charge in [-0.2, -0.15) is 0 Å². The van der Waals surface area contributed by atoms with Gasteiger partial charge in [-0.25, -0.2) is 0 Å². The topological polar surface area (TPSA) is 94.8 Å². The molecule has 0 saturated heterocycles. The molecule has 0 aliphatic heterocycles. The molecule has 0 saturated carbocycles. The molecule has 0 heterocycles. The second-order valence-corrected chi connectivity index (χ2v) is 9.91. The maximum atomic E-state index is 12.9. The van der Waals surface area contributed by atoms with E-state index in [1.807, 2.05) is 13.8 Å². The fraction of sp³-hybridized carbons (Fsp3) is 0.300. The van der Waals surface area contributed by atoms with Crippen LogP contribution in [0.2, 0.25) is 0 Å². The fourth-order valence-corrected chi connectivity index (χ4v) is 5.25. The normalized spacial score (nSPS) is 13.2. The molecule has 2 rings (SSSR count). The third-order valence-corrected chi connectivity index (χ3v) is 6.47. The molecule has 5 nitrogen and oxygen atoms in total. The third-order valence-electron chi connectivity index (χ3n) is 4.53. The van der Waals surface area contributed by atoms with Gasteiger partial charge in [-0.1, -0.05) is 0 Å². The Morgan fingerprint density at radius 2 is 0.846 bits per heavy atom. The quantitative estimate of drug-likeness (QED) is 0.706. The molecule has 2 aromatic rings. The van der Waals surface area contributed by atoms with Crippen LogP contribution in [0.15, 0.2) is 24.3 Å². The van der Waals surface area contributed by atoms with Gasteiger partial charge in [0.15, 0.2) is 0 Å². The van der Waals surface area contributed by atoms with Gasteiger partial charge in [0.1, 0.15) is 0 Å². The Morgan fingerprint density at radius 3 is 1.08 bits per heavy atom. The van der Waals surface area contributed by atoms with Gasteiger partial charge in [0, 0.05) is 0 Å². The fourth-order valence-electron chi connectivity index (χ4n) is 3.54. The molecule has 0 bridgehead atoms. The first kappa shape index (κ1) is 20.4. The first-order chi connectivity index (χ1) is 11.7. The molecule has 26 heavy (non-hydrogen) atoms. The van der Waals surface area contributed by atoms with Crippen LogP contribution in [0.4, 0.5) is 0 Å². The van der Waals surface area contributed by atoms with Crippen LogP contribution in [-0.4, -0.2) is 25.7 Å². The molecule has 3 N–H and O–H groups in total. The molecular weight excluding hydrogens is 351 g/mol. The number of benzene rings is 2. The number of carbonyl (C=O) groups excluding carboxylic acids is 2. The van der Waals surface area contributed by atoms with E-state index in [0.717, 1.165) is 11.1 Å². The van der Waals surface area contributed by atoms with Crippen molar-refractivity contribution in [2.24, 2.45) is 0 Å². The minimum absolute atomic E-state index is 0.0310. The molecule has 0 atom stereocenters. The van der Waals surface area contributed by atoms with Crippen molar-refractivity contribution in [2.45, 2.75) is 41.5 Å². The number of hydrogen-bond donors (Lipinski definition) is 3. The Hall–Kier alpha value is -1.91. The van der Waals surface area contributed by atoms with Gasteiger partial charge in [0.25, 0.3) is 0 Å². The van der Waals surface area contributed by atoms with Crippen molar-refractivity contribution in [1.82, 2.24) is 0 Å². The van der Waals surface area contributed by atoms with E-state index in [1.165, 1.54) is 0 Å². The van der Waals surface area contributed by atoms with E-state index in [2.05, 4.69) is 0 Å². The zero-order chi connectivity index (χ0) is 20.0. The summed E-state index contributed by atoms with van der Waals surface area (Å²) in [5.74, 6) is 0. The van der Waals surface area contributed by atoms with Crippen molar-refractivity contribution in [3.63, 3.8) is 0 Å². The Kier molecular flexibility index (Phi) is 4.99. The summed E-state index contributed by atoms with van der Waals surface area (Å²) in [5, 5.41) is 0. The predicted molar refractivity (Wildman–Crippen MR) is 104 cm³/mol. The Balaban J connectivity index is 2.67. The molecular formula is C20H25O5P. The van der Waals surface area contributed by atoms with Crippen molar-refractivity contribution in [1.29, 1.82) is 0 Å². The molecule has 0 aliphatic rings. The number of carbonyl (C=O) groups is 2. The SMILES string of the molecule is Cc1cc(C)c(C(=O)P(O)(O)(O)C(=O)c2c(C)cc(C)cc2C)c(C)c1. The summed E-state index contributed by atoms with van der Waals surface area (Å²) in [5.41, 5.74) is 0.975. The molecule has 0 fully saturated rings. The summed E-state index contributed by atoms with van der Waals surface area (Å²) in [6.45, 7) is 10.2. The zero-order valence-corrected chi connectivity index (χ0v) is 16.8. The Morgan fingerprint density at radius 1 is 0.615 bits per heavy atom. The summed E-state index contributed by atoms with van der Waals surface area (Å²) in [7, 11) is -6.32. The molecule has 0 aliphatic carbocycles. The second-order valence-electron chi connectivity index (χ2n) is 7.14. The molecule has 6 heteroatoms. The summed E-state index contributed by atoms with van der Waals surface area (Å²) in [4.78, 5) is 57.7. The van der Waals surface area contributed by atoms with Crippen LogP contribution in [0.5, 0.6) is 0 Å². The molecule has 0 spiro atoms. The Labute approximate surface area is 153 Å². The van der Waals surface area contributed by atoms with Gasteiger partial charge in [-0.05, 0) is 0 Å². The summed E-state index contributed by atoms with van der Waals surface area (Å²) >= 11 is 0. The van der Waals surface area contributed by atoms with Crippen LogP contribution in [0.25, 0.3) is 0 Å². The van der Waals surface area contributed by atoms with E-state index in [4.69, 9.17) is 0 Å². The van der Waals surface area contributed by atoms with Crippen LogP contribution in [0, 0.1) is 41.5 Å². The summed E-state index contributed by atoms with van der Waals surface area (Å²) < 4.78 is 0. The molecule has 0 aromatic heterocycles. The molecule has 0 unspecified atom stereocenters. The van der Waals surface area contributed by atoms with Crippen molar-refractivity contribution >= 4 is 18.3 Å². The third kappa shape index (κ3) is 3.36. The van der Waals surface area contributed by atoms with E-state index in [0.29, 0.717) is 22.3 Å². The van der Waals surface area contributed by atoms with E-state index < -0.39 is 18.3 Å². The van der Waals surface area contributed by atoms with Crippen LogP contribution in [0.3, 0.4) is 0 Å². The van der Waals surface area contributed by atoms with Gasteiger partial charge < -0.3 is 0 Å². The standard InChI is InChI=1S/C20H25O5P/c1-11-7-13(3)17(14(4)8-11)19(21)26(23,24,25)20(22)18-15(5)9-12(2)10-16(18)6/h7-10,23-25H,1-6H3. The summed E-state index contributed by atoms with van der Waals surface area (Å²) in [6, 6.07) is 6.78. The number of rotatable bonds is 4. The van der Waals surface area contributed by atoms with Crippen LogP contribution in [0.1, 0.15) is 54.1 Å². The van der Waals surface area contributed by atoms with Crippen LogP contribution >= 0.6 is 7.28 Å². The van der Waals surface area contributed by atoms with Gasteiger partial charge in [0.05, 0.1) is 0 Å². The Bertz CT molecular complexity index is 815. The van der Waals surface area contributed by atoms with Crippen molar-refractivity contribution < 1.29 is 24.3 Å². The predicted octanol–water partition coefficient (Wildman–Crippen LogP) is 3.79. The first-order valence-corrected chi connectivity index (χ1v) is 10.4. The van der Waals surface area contributed by atoms with Crippen molar-refractivity contribution in [2.75, 3.05) is 0 Å². The van der Waals surface area contributed by atoms with Crippen molar-refractivity contribution in [3.05, 3.63) is 68.8 Å². The van der Waals surface area contributed by atoms with Gasteiger partial charge in [-0.3, -0.25) is 0 Å². The van der Waals surface area contributed by atoms with Gasteiger partial charge in [0.2, 0.25) is 0 Å². The van der Waals surface area contributed by atoms with Gasteiger partial charge >= 0.3 is 153 Å². The van der Waals surface area contributed by atoms with Crippen LogP contribution < -0.4 is 0 Å². The average Bonchev–Trinajstić information content (AvgIpc) is 2.44. The van der Waals surface area contributed by atoms with Crippen LogP contribution in [-0.2, 0) is 0 Å². The van der Waals surface area contributed by atoms with Crippen molar-refractivity contribution in [3.8, 4) is 0 Å². The minimum atomic E-state index is -6.32. The second kappa shape index (κ2) is 6.36. The van der Waals surface area contributed by atoms with E-state index in [1.54, 1.807) is 52.0 Å². The van der Waals surface area contributed by atoms with E-state index in [9.17, 15) is 24.3 Å². The average molecular weight is 376 g/mol. The molecule has 140 valence electrons.